The van der Waals surface area contributed by atoms with E-state index >= 15 is 0 Å². The highest BCUT2D eigenvalue weighted by Gasteiger charge is 2.09. The predicted octanol–water partition coefficient (Wildman–Crippen LogP) is 2.49. The molecule has 0 radical (unpaired) electrons. The zero-order valence-electron chi connectivity index (χ0n) is 10.5. The molecule has 1 aliphatic rings. The van der Waals surface area contributed by atoms with Crippen LogP contribution in [0.3, 0.4) is 0 Å². The summed E-state index contributed by atoms with van der Waals surface area (Å²) in [5.74, 6) is 0. The van der Waals surface area contributed by atoms with E-state index in [0.717, 1.165) is 18.8 Å². The molecule has 1 heterocycles. The summed E-state index contributed by atoms with van der Waals surface area (Å²) >= 11 is 0. The van der Waals surface area contributed by atoms with Gasteiger partial charge < -0.3 is 10.2 Å². The van der Waals surface area contributed by atoms with Crippen molar-refractivity contribution < 1.29 is 4.92 Å². The Morgan fingerprint density at radius 2 is 1.83 bits per heavy atom. The molecule has 0 aliphatic carbocycles. The quantitative estimate of drug-likeness (QED) is 0.643. The zero-order valence-corrected chi connectivity index (χ0v) is 10.5. The Morgan fingerprint density at radius 1 is 1.17 bits per heavy atom. The number of hydrogen-bond donors (Lipinski definition) is 1. The molecule has 1 fully saturated rings. The highest BCUT2D eigenvalue weighted by atomic mass is 16.6. The number of anilines is 1. The first-order chi connectivity index (χ1) is 8.75. The van der Waals surface area contributed by atoms with Crippen LogP contribution in [0.5, 0.6) is 0 Å². The maximum absolute atomic E-state index is 10.5. The molecule has 0 aromatic heterocycles. The van der Waals surface area contributed by atoms with Gasteiger partial charge in [-0.1, -0.05) is 6.42 Å². The van der Waals surface area contributed by atoms with Crippen LogP contribution in [0.2, 0.25) is 0 Å². The number of nitrogens with one attached hydrogen (secondary N) is 1. The molecule has 0 unspecified atom stereocenters. The van der Waals surface area contributed by atoms with Gasteiger partial charge in [0.2, 0.25) is 0 Å². The van der Waals surface area contributed by atoms with Crippen molar-refractivity contribution in [1.82, 2.24) is 4.90 Å². The molecule has 1 aromatic rings. The summed E-state index contributed by atoms with van der Waals surface area (Å²) in [6.07, 6.45) is 3.96. The number of piperidine rings is 1. The van der Waals surface area contributed by atoms with Crippen molar-refractivity contribution in [2.75, 3.05) is 31.5 Å². The number of hydrogen-bond acceptors (Lipinski definition) is 4. The fourth-order valence-electron chi connectivity index (χ4n) is 2.24. The smallest absolute Gasteiger partial charge is 0.269 e. The van der Waals surface area contributed by atoms with Crippen molar-refractivity contribution in [1.29, 1.82) is 0 Å². The summed E-state index contributed by atoms with van der Waals surface area (Å²) in [5.41, 5.74) is 1.08. The average molecular weight is 249 g/mol. The molecule has 98 valence electrons. The maximum atomic E-state index is 10.5. The van der Waals surface area contributed by atoms with Gasteiger partial charge in [-0.15, -0.1) is 0 Å². The van der Waals surface area contributed by atoms with E-state index in [0.29, 0.717) is 0 Å². The van der Waals surface area contributed by atoms with Gasteiger partial charge in [-0.05, 0) is 38.1 Å². The summed E-state index contributed by atoms with van der Waals surface area (Å²) in [7, 11) is 0. The first-order valence-electron chi connectivity index (χ1n) is 6.46. The standard InChI is InChI=1S/C13H19N3O2/c17-16(18)13-6-4-12(5-7-13)14-8-11-15-9-2-1-3-10-15/h4-7,14H,1-3,8-11H2. The van der Waals surface area contributed by atoms with Crippen molar-refractivity contribution in [2.24, 2.45) is 0 Å². The van der Waals surface area contributed by atoms with Gasteiger partial charge in [0.25, 0.3) is 5.69 Å². The van der Waals surface area contributed by atoms with E-state index in [4.69, 9.17) is 0 Å². The van der Waals surface area contributed by atoms with Gasteiger partial charge in [0, 0.05) is 30.9 Å². The highest BCUT2D eigenvalue weighted by molar-refractivity contribution is 5.48. The van der Waals surface area contributed by atoms with Crippen LogP contribution < -0.4 is 5.32 Å². The van der Waals surface area contributed by atoms with Crippen LogP contribution in [-0.4, -0.2) is 36.0 Å². The van der Waals surface area contributed by atoms with Crippen LogP contribution in [-0.2, 0) is 0 Å². The van der Waals surface area contributed by atoms with E-state index in [2.05, 4.69) is 10.2 Å². The molecular formula is C13H19N3O2. The Labute approximate surface area is 107 Å². The highest BCUT2D eigenvalue weighted by Crippen LogP contribution is 2.15. The third-order valence-corrected chi connectivity index (χ3v) is 3.28. The Bertz CT molecular complexity index is 386. The fourth-order valence-corrected chi connectivity index (χ4v) is 2.24. The van der Waals surface area contributed by atoms with Crippen molar-refractivity contribution in [3.05, 3.63) is 34.4 Å². The summed E-state index contributed by atoms with van der Waals surface area (Å²) in [6.45, 7) is 4.32. The van der Waals surface area contributed by atoms with Gasteiger partial charge in [0.1, 0.15) is 0 Å². The lowest BCUT2D eigenvalue weighted by molar-refractivity contribution is -0.384. The largest absolute Gasteiger partial charge is 0.384 e. The first-order valence-corrected chi connectivity index (χ1v) is 6.46. The molecule has 5 nitrogen and oxygen atoms in total. The second-order valence-electron chi connectivity index (χ2n) is 4.63. The molecule has 0 bridgehead atoms. The van der Waals surface area contributed by atoms with Crippen LogP contribution in [0.4, 0.5) is 11.4 Å². The monoisotopic (exact) mass is 249 g/mol. The van der Waals surface area contributed by atoms with Crippen LogP contribution in [0.15, 0.2) is 24.3 Å². The number of rotatable bonds is 5. The van der Waals surface area contributed by atoms with Crippen molar-refractivity contribution in [3.63, 3.8) is 0 Å². The average Bonchev–Trinajstić information content (AvgIpc) is 2.40. The second-order valence-corrected chi connectivity index (χ2v) is 4.63. The number of likely N-dealkylation sites (tertiary alicyclic amines) is 1. The number of nitro groups is 1. The van der Waals surface area contributed by atoms with Gasteiger partial charge in [-0.25, -0.2) is 0 Å². The third-order valence-electron chi connectivity index (χ3n) is 3.28. The Hall–Kier alpha value is -1.62. The van der Waals surface area contributed by atoms with Crippen molar-refractivity contribution in [3.8, 4) is 0 Å². The molecule has 1 aliphatic heterocycles. The van der Waals surface area contributed by atoms with E-state index < -0.39 is 0 Å². The van der Waals surface area contributed by atoms with Crippen LogP contribution >= 0.6 is 0 Å². The minimum absolute atomic E-state index is 0.136. The second kappa shape index (κ2) is 6.35. The van der Waals surface area contributed by atoms with E-state index in [1.807, 2.05) is 0 Å². The molecule has 0 atom stereocenters. The zero-order chi connectivity index (χ0) is 12.8. The molecule has 5 heteroatoms. The SMILES string of the molecule is O=[N+]([O-])c1ccc(NCCN2CCCCC2)cc1. The summed E-state index contributed by atoms with van der Waals surface area (Å²) < 4.78 is 0. The topological polar surface area (TPSA) is 58.4 Å². The van der Waals surface area contributed by atoms with Crippen molar-refractivity contribution in [2.45, 2.75) is 19.3 Å². The molecule has 1 aromatic carbocycles. The van der Waals surface area contributed by atoms with E-state index in [1.54, 1.807) is 12.1 Å². The Balaban J connectivity index is 1.74. The Morgan fingerprint density at radius 3 is 2.44 bits per heavy atom. The predicted molar refractivity (Wildman–Crippen MR) is 71.9 cm³/mol. The molecule has 1 N–H and O–H groups in total. The lowest BCUT2D eigenvalue weighted by atomic mass is 10.1. The van der Waals surface area contributed by atoms with Crippen LogP contribution in [0.25, 0.3) is 0 Å². The molecule has 18 heavy (non-hydrogen) atoms. The fraction of sp³-hybridized carbons (Fsp3) is 0.538. The third kappa shape index (κ3) is 3.70. The van der Waals surface area contributed by atoms with E-state index in [1.165, 1.54) is 44.5 Å². The molecule has 0 spiro atoms. The van der Waals surface area contributed by atoms with Gasteiger partial charge >= 0.3 is 0 Å². The summed E-state index contributed by atoms with van der Waals surface area (Å²) in [5, 5.41) is 13.8. The molecule has 0 saturated carbocycles. The summed E-state index contributed by atoms with van der Waals surface area (Å²) in [6, 6.07) is 6.58. The molecule has 0 amide bonds. The van der Waals surface area contributed by atoms with Crippen LogP contribution in [0, 0.1) is 10.1 Å². The number of non-ortho nitro benzene ring substituents is 1. The summed E-state index contributed by atoms with van der Waals surface area (Å²) in [4.78, 5) is 12.6. The number of nitrogens with zero attached hydrogens (tertiary/aromatic N) is 2. The molecule has 1 saturated heterocycles. The Kier molecular flexibility index (Phi) is 4.52. The van der Waals surface area contributed by atoms with E-state index in [9.17, 15) is 10.1 Å². The van der Waals surface area contributed by atoms with Gasteiger partial charge in [0.05, 0.1) is 4.92 Å². The van der Waals surface area contributed by atoms with E-state index in [-0.39, 0.29) is 10.6 Å². The first kappa shape index (κ1) is 12.8. The minimum Gasteiger partial charge on any atom is -0.384 e. The van der Waals surface area contributed by atoms with Gasteiger partial charge in [-0.2, -0.15) is 0 Å². The lowest BCUT2D eigenvalue weighted by Gasteiger charge is -2.26. The molecular weight excluding hydrogens is 230 g/mol. The number of nitro benzene ring substituents is 1. The molecule has 2 rings (SSSR count). The lowest BCUT2D eigenvalue weighted by Crippen LogP contribution is -2.33. The van der Waals surface area contributed by atoms with Gasteiger partial charge in [-0.3, -0.25) is 10.1 Å². The van der Waals surface area contributed by atoms with Gasteiger partial charge in [0.15, 0.2) is 0 Å². The van der Waals surface area contributed by atoms with Crippen molar-refractivity contribution >= 4 is 11.4 Å². The maximum Gasteiger partial charge on any atom is 0.269 e. The number of benzene rings is 1. The van der Waals surface area contributed by atoms with Crippen LogP contribution in [0.1, 0.15) is 19.3 Å². The minimum atomic E-state index is -0.377. The normalized spacial score (nSPS) is 16.4.